The van der Waals surface area contributed by atoms with Crippen molar-refractivity contribution in [2.75, 3.05) is 0 Å². The van der Waals surface area contributed by atoms with E-state index in [1.54, 1.807) is 6.92 Å². The molecule has 0 aromatic carbocycles. The molecule has 0 unspecified atom stereocenters. The lowest BCUT2D eigenvalue weighted by Crippen LogP contribution is -2.57. The second kappa shape index (κ2) is 6.06. The Kier molecular flexibility index (Phi) is 5.44. The lowest BCUT2D eigenvalue weighted by Gasteiger charge is -2.20. The number of primary amides is 2. The summed E-state index contributed by atoms with van der Waals surface area (Å²) in [5.74, 6) is -2.69. The second-order valence-electron chi connectivity index (χ2n) is 3.66. The van der Waals surface area contributed by atoms with Crippen LogP contribution in [0.4, 0.5) is 0 Å². The van der Waals surface area contributed by atoms with E-state index in [2.05, 4.69) is 5.32 Å². The standard InChI is InChI=1S/C9H18N4O3/c1-3-4(2)5(10)9(16)13-6(7(11)14)8(12)15/h4-6H,3,10H2,1-2H3,(H2,11,14)(H2,12,15)(H,13,16)/t4-,5-/m0/s1. The van der Waals surface area contributed by atoms with Crippen LogP contribution in [0.1, 0.15) is 20.3 Å². The number of nitrogens with two attached hydrogens (primary N) is 3. The first kappa shape index (κ1) is 14.4. The van der Waals surface area contributed by atoms with Gasteiger partial charge in [0.2, 0.25) is 17.7 Å². The van der Waals surface area contributed by atoms with E-state index in [0.717, 1.165) is 0 Å². The molecule has 0 heterocycles. The van der Waals surface area contributed by atoms with Crippen molar-refractivity contribution in [3.63, 3.8) is 0 Å². The predicted octanol–water partition coefficient (Wildman–Crippen LogP) is -2.18. The highest BCUT2D eigenvalue weighted by Crippen LogP contribution is 2.05. The predicted molar refractivity (Wildman–Crippen MR) is 57.7 cm³/mol. The van der Waals surface area contributed by atoms with E-state index < -0.39 is 29.8 Å². The normalized spacial score (nSPS) is 14.2. The van der Waals surface area contributed by atoms with Crippen LogP contribution in [0.2, 0.25) is 0 Å². The summed E-state index contributed by atoms with van der Waals surface area (Å²) in [6.07, 6.45) is 0.701. The highest BCUT2D eigenvalue weighted by Gasteiger charge is 2.27. The van der Waals surface area contributed by atoms with Crippen molar-refractivity contribution in [2.24, 2.45) is 23.1 Å². The summed E-state index contributed by atoms with van der Waals surface area (Å²) in [4.78, 5) is 33.1. The Morgan fingerprint density at radius 1 is 1.19 bits per heavy atom. The number of hydrogen-bond donors (Lipinski definition) is 4. The Morgan fingerprint density at radius 2 is 1.62 bits per heavy atom. The summed E-state index contributed by atoms with van der Waals surface area (Å²) in [5.41, 5.74) is 15.4. The van der Waals surface area contributed by atoms with Gasteiger partial charge in [0.1, 0.15) is 0 Å². The quantitative estimate of drug-likeness (QED) is 0.385. The third-order valence-corrected chi connectivity index (χ3v) is 2.42. The fourth-order valence-electron chi connectivity index (χ4n) is 1.03. The van der Waals surface area contributed by atoms with Crippen LogP contribution in [0.25, 0.3) is 0 Å². The molecule has 0 saturated carbocycles. The molecule has 7 heteroatoms. The average molecular weight is 230 g/mol. The summed E-state index contributed by atoms with van der Waals surface area (Å²) >= 11 is 0. The molecule has 3 amide bonds. The van der Waals surface area contributed by atoms with Gasteiger partial charge in [-0.15, -0.1) is 0 Å². The van der Waals surface area contributed by atoms with Crippen molar-refractivity contribution in [1.82, 2.24) is 5.32 Å². The first-order valence-corrected chi connectivity index (χ1v) is 4.95. The van der Waals surface area contributed by atoms with Crippen molar-refractivity contribution in [3.05, 3.63) is 0 Å². The highest BCUT2D eigenvalue weighted by molar-refractivity contribution is 6.06. The monoisotopic (exact) mass is 230 g/mol. The minimum atomic E-state index is -1.51. The summed E-state index contributed by atoms with van der Waals surface area (Å²) < 4.78 is 0. The first-order valence-electron chi connectivity index (χ1n) is 4.95. The number of nitrogens with one attached hydrogen (secondary N) is 1. The lowest BCUT2D eigenvalue weighted by atomic mass is 9.99. The van der Waals surface area contributed by atoms with E-state index in [9.17, 15) is 14.4 Å². The molecule has 0 rings (SSSR count). The molecular weight excluding hydrogens is 212 g/mol. The SMILES string of the molecule is CC[C@H](C)[C@H](N)C(=O)NC(C(N)=O)C(N)=O. The molecule has 0 aliphatic rings. The van der Waals surface area contributed by atoms with Gasteiger partial charge >= 0.3 is 0 Å². The third-order valence-electron chi connectivity index (χ3n) is 2.42. The van der Waals surface area contributed by atoms with Crippen LogP contribution in [0.15, 0.2) is 0 Å². The van der Waals surface area contributed by atoms with E-state index in [-0.39, 0.29) is 5.92 Å². The molecule has 0 radical (unpaired) electrons. The Bertz CT molecular complexity index is 278. The number of carbonyl (C=O) groups excluding carboxylic acids is 3. The summed E-state index contributed by atoms with van der Waals surface area (Å²) in [7, 11) is 0. The smallest absolute Gasteiger partial charge is 0.249 e. The highest BCUT2D eigenvalue weighted by atomic mass is 16.2. The van der Waals surface area contributed by atoms with Crippen molar-refractivity contribution in [3.8, 4) is 0 Å². The third kappa shape index (κ3) is 3.85. The van der Waals surface area contributed by atoms with E-state index in [1.807, 2.05) is 6.92 Å². The van der Waals surface area contributed by atoms with Gasteiger partial charge in [-0.25, -0.2) is 0 Å². The minimum absolute atomic E-state index is 0.0681. The molecule has 0 aliphatic carbocycles. The molecule has 92 valence electrons. The van der Waals surface area contributed by atoms with Crippen LogP contribution < -0.4 is 22.5 Å². The summed E-state index contributed by atoms with van der Waals surface area (Å²) in [6.45, 7) is 3.66. The fraction of sp³-hybridized carbons (Fsp3) is 0.667. The van der Waals surface area contributed by atoms with Crippen molar-refractivity contribution in [1.29, 1.82) is 0 Å². The maximum atomic E-state index is 11.5. The number of hydrogen-bond acceptors (Lipinski definition) is 4. The Labute approximate surface area is 93.7 Å². The maximum absolute atomic E-state index is 11.5. The Hall–Kier alpha value is -1.63. The molecule has 7 nitrogen and oxygen atoms in total. The molecular formula is C9H18N4O3. The van der Waals surface area contributed by atoms with Crippen molar-refractivity contribution in [2.45, 2.75) is 32.4 Å². The van der Waals surface area contributed by atoms with Gasteiger partial charge in [0, 0.05) is 0 Å². The fourth-order valence-corrected chi connectivity index (χ4v) is 1.03. The van der Waals surface area contributed by atoms with Crippen molar-refractivity contribution < 1.29 is 14.4 Å². The first-order chi connectivity index (χ1) is 7.31. The molecule has 0 aliphatic heterocycles. The van der Waals surface area contributed by atoms with Gasteiger partial charge in [0.15, 0.2) is 6.04 Å². The van der Waals surface area contributed by atoms with E-state index in [0.29, 0.717) is 6.42 Å². The number of rotatable bonds is 6. The molecule has 0 aromatic rings. The largest absolute Gasteiger partial charge is 0.367 e. The van der Waals surface area contributed by atoms with Crippen LogP contribution in [-0.4, -0.2) is 29.8 Å². The topological polar surface area (TPSA) is 141 Å². The van der Waals surface area contributed by atoms with Crippen LogP contribution in [0.5, 0.6) is 0 Å². The summed E-state index contributed by atoms with van der Waals surface area (Å²) in [6, 6.07) is -2.31. The Morgan fingerprint density at radius 3 is 1.94 bits per heavy atom. The van der Waals surface area contributed by atoms with Gasteiger partial charge in [-0.2, -0.15) is 0 Å². The summed E-state index contributed by atoms with van der Waals surface area (Å²) in [5, 5.41) is 2.12. The van der Waals surface area contributed by atoms with Crippen LogP contribution in [0, 0.1) is 5.92 Å². The van der Waals surface area contributed by atoms with Crippen LogP contribution in [-0.2, 0) is 14.4 Å². The van der Waals surface area contributed by atoms with Crippen molar-refractivity contribution >= 4 is 17.7 Å². The molecule has 7 N–H and O–H groups in total. The van der Waals surface area contributed by atoms with Gasteiger partial charge in [0.05, 0.1) is 6.04 Å². The Balaban J connectivity index is 4.53. The van der Waals surface area contributed by atoms with Gasteiger partial charge in [-0.05, 0) is 5.92 Å². The maximum Gasteiger partial charge on any atom is 0.249 e. The second-order valence-corrected chi connectivity index (χ2v) is 3.66. The zero-order valence-corrected chi connectivity index (χ0v) is 9.40. The molecule has 0 spiro atoms. The van der Waals surface area contributed by atoms with Gasteiger partial charge in [-0.3, -0.25) is 14.4 Å². The molecule has 0 bridgehead atoms. The van der Waals surface area contributed by atoms with Crippen LogP contribution >= 0.6 is 0 Å². The number of amides is 3. The molecule has 16 heavy (non-hydrogen) atoms. The van der Waals surface area contributed by atoms with E-state index in [1.165, 1.54) is 0 Å². The zero-order chi connectivity index (χ0) is 12.9. The molecule has 2 atom stereocenters. The average Bonchev–Trinajstić information content (AvgIpc) is 2.22. The van der Waals surface area contributed by atoms with Crippen LogP contribution in [0.3, 0.4) is 0 Å². The van der Waals surface area contributed by atoms with Gasteiger partial charge in [-0.1, -0.05) is 20.3 Å². The lowest BCUT2D eigenvalue weighted by molar-refractivity contribution is -0.134. The van der Waals surface area contributed by atoms with E-state index >= 15 is 0 Å². The van der Waals surface area contributed by atoms with E-state index in [4.69, 9.17) is 17.2 Å². The molecule has 0 aromatic heterocycles. The molecule has 0 fully saturated rings. The number of carbonyl (C=O) groups is 3. The minimum Gasteiger partial charge on any atom is -0.367 e. The molecule has 0 saturated heterocycles. The van der Waals surface area contributed by atoms with Gasteiger partial charge < -0.3 is 22.5 Å². The van der Waals surface area contributed by atoms with Gasteiger partial charge in [0.25, 0.3) is 0 Å². The zero-order valence-electron chi connectivity index (χ0n) is 9.40.